The third-order valence-electron chi connectivity index (χ3n) is 6.34. The number of carbonyl (C=O) groups excluding carboxylic acids is 2. The lowest BCUT2D eigenvalue weighted by atomic mass is 9.93. The molecular formula is C27H26N4O4S. The van der Waals surface area contributed by atoms with E-state index in [0.29, 0.717) is 35.1 Å². The number of benzene rings is 2. The van der Waals surface area contributed by atoms with Crippen molar-refractivity contribution in [3.8, 4) is 22.1 Å². The summed E-state index contributed by atoms with van der Waals surface area (Å²) in [5, 5.41) is 9.67. The Morgan fingerprint density at radius 1 is 1.08 bits per heavy atom. The van der Waals surface area contributed by atoms with Gasteiger partial charge in [0.05, 0.1) is 31.3 Å². The normalized spacial score (nSPS) is 17.0. The smallest absolute Gasteiger partial charge is 0.277 e. The van der Waals surface area contributed by atoms with Crippen LogP contribution in [0.3, 0.4) is 0 Å². The number of amides is 2. The summed E-state index contributed by atoms with van der Waals surface area (Å²) in [7, 11) is 3.09. The second kappa shape index (κ2) is 9.50. The van der Waals surface area contributed by atoms with E-state index in [9.17, 15) is 9.59 Å². The van der Waals surface area contributed by atoms with Gasteiger partial charge in [0.1, 0.15) is 28.4 Å². The van der Waals surface area contributed by atoms with Crippen LogP contribution in [0.5, 0.6) is 11.5 Å². The van der Waals surface area contributed by atoms with Crippen LogP contribution in [0, 0.1) is 0 Å². The SMILES string of the molecule is COc1ccc(N2C(=O)c3cc(-c4cccs4)nn3C[C@]2(C)C(=O)NCc2ccccc2)c(OC)c1. The summed E-state index contributed by atoms with van der Waals surface area (Å²) in [5.74, 6) is 0.380. The highest BCUT2D eigenvalue weighted by Gasteiger charge is 2.49. The van der Waals surface area contributed by atoms with E-state index in [-0.39, 0.29) is 18.4 Å². The van der Waals surface area contributed by atoms with E-state index < -0.39 is 5.54 Å². The molecule has 1 N–H and O–H groups in total. The molecule has 0 radical (unpaired) electrons. The Bertz CT molecular complexity index is 1400. The second-order valence-electron chi connectivity index (χ2n) is 8.67. The molecule has 36 heavy (non-hydrogen) atoms. The number of nitrogens with zero attached hydrogens (tertiary/aromatic N) is 3. The van der Waals surface area contributed by atoms with Gasteiger partial charge in [0, 0.05) is 12.6 Å². The molecule has 0 fully saturated rings. The first-order valence-corrected chi connectivity index (χ1v) is 12.3. The first kappa shape index (κ1) is 23.6. The number of ether oxygens (including phenoxy) is 2. The highest BCUT2D eigenvalue weighted by atomic mass is 32.1. The third-order valence-corrected chi connectivity index (χ3v) is 7.23. The molecule has 184 valence electrons. The van der Waals surface area contributed by atoms with E-state index in [2.05, 4.69) is 10.4 Å². The first-order valence-electron chi connectivity index (χ1n) is 11.4. The predicted molar refractivity (Wildman–Crippen MR) is 139 cm³/mol. The van der Waals surface area contributed by atoms with Gasteiger partial charge in [-0.05, 0) is 42.1 Å². The minimum atomic E-state index is -1.28. The van der Waals surface area contributed by atoms with Crippen LogP contribution in [-0.4, -0.2) is 41.4 Å². The molecule has 8 nitrogen and oxygen atoms in total. The van der Waals surface area contributed by atoms with Gasteiger partial charge in [-0.2, -0.15) is 5.10 Å². The average molecular weight is 503 g/mol. The Balaban J connectivity index is 1.58. The Kier molecular flexibility index (Phi) is 6.24. The van der Waals surface area contributed by atoms with Crippen LogP contribution in [0.2, 0.25) is 0 Å². The number of fused-ring (bicyclic) bond motifs is 1. The fourth-order valence-electron chi connectivity index (χ4n) is 4.44. The van der Waals surface area contributed by atoms with E-state index in [1.54, 1.807) is 54.3 Å². The minimum absolute atomic E-state index is 0.176. The molecule has 9 heteroatoms. The average Bonchev–Trinajstić information content (AvgIpc) is 3.58. The summed E-state index contributed by atoms with van der Waals surface area (Å²) in [6, 6.07) is 20.5. The molecule has 1 atom stereocenters. The summed E-state index contributed by atoms with van der Waals surface area (Å²) >= 11 is 1.55. The number of anilines is 1. The van der Waals surface area contributed by atoms with Crippen molar-refractivity contribution in [3.63, 3.8) is 0 Å². The molecule has 2 amide bonds. The Labute approximate surface area is 213 Å². The van der Waals surface area contributed by atoms with Gasteiger partial charge in [0.25, 0.3) is 5.91 Å². The molecule has 1 aliphatic heterocycles. The molecule has 3 heterocycles. The molecule has 4 aromatic rings. The zero-order valence-electron chi connectivity index (χ0n) is 20.2. The largest absolute Gasteiger partial charge is 0.497 e. The highest BCUT2D eigenvalue weighted by molar-refractivity contribution is 7.13. The van der Waals surface area contributed by atoms with Crippen molar-refractivity contribution in [2.75, 3.05) is 19.1 Å². The lowest BCUT2D eigenvalue weighted by Crippen LogP contribution is -2.64. The fourth-order valence-corrected chi connectivity index (χ4v) is 5.12. The number of carbonyl (C=O) groups is 2. The summed E-state index contributed by atoms with van der Waals surface area (Å²) < 4.78 is 12.6. The van der Waals surface area contributed by atoms with Crippen molar-refractivity contribution in [2.45, 2.75) is 25.6 Å². The van der Waals surface area contributed by atoms with Crippen LogP contribution in [0.1, 0.15) is 23.0 Å². The number of hydrogen-bond acceptors (Lipinski definition) is 6. The number of rotatable bonds is 7. The van der Waals surface area contributed by atoms with Gasteiger partial charge in [0.2, 0.25) is 5.91 Å². The molecule has 0 bridgehead atoms. The highest BCUT2D eigenvalue weighted by Crippen LogP contribution is 2.40. The molecule has 0 saturated carbocycles. The minimum Gasteiger partial charge on any atom is -0.497 e. The first-order chi connectivity index (χ1) is 17.4. The summed E-state index contributed by atoms with van der Waals surface area (Å²) in [6.45, 7) is 2.27. The molecule has 1 aliphatic rings. The Morgan fingerprint density at radius 3 is 2.58 bits per heavy atom. The van der Waals surface area contributed by atoms with Gasteiger partial charge >= 0.3 is 0 Å². The van der Waals surface area contributed by atoms with Crippen LogP contribution in [0.4, 0.5) is 5.69 Å². The lowest BCUT2D eigenvalue weighted by molar-refractivity contribution is -0.126. The number of aromatic nitrogens is 2. The van der Waals surface area contributed by atoms with E-state index in [1.165, 1.54) is 12.0 Å². The fraction of sp³-hybridized carbons (Fsp3) is 0.222. The summed E-state index contributed by atoms with van der Waals surface area (Å²) in [5.41, 5.74) is 1.27. The molecule has 0 spiro atoms. The van der Waals surface area contributed by atoms with Gasteiger partial charge in [-0.25, -0.2) is 0 Å². The van der Waals surface area contributed by atoms with Gasteiger partial charge in [-0.15, -0.1) is 11.3 Å². The number of hydrogen-bond donors (Lipinski definition) is 1. The van der Waals surface area contributed by atoms with Crippen LogP contribution in [-0.2, 0) is 17.9 Å². The van der Waals surface area contributed by atoms with Gasteiger partial charge in [0.15, 0.2) is 0 Å². The molecule has 0 aliphatic carbocycles. The molecule has 0 saturated heterocycles. The zero-order chi connectivity index (χ0) is 25.3. The number of thiophene rings is 1. The molecule has 2 aromatic carbocycles. The lowest BCUT2D eigenvalue weighted by Gasteiger charge is -2.43. The van der Waals surface area contributed by atoms with E-state index in [1.807, 2.05) is 47.8 Å². The standard InChI is InChI=1S/C27H26N4O4S/c1-27(26(33)28-16-18-8-5-4-6-9-18)17-30-22(15-20(29-30)24-10-7-13-36-24)25(32)31(27)21-12-11-19(34-2)14-23(21)35-3/h4-15H,16-17H2,1-3H3,(H,28,33)/t27-/m1/s1. The van der Waals surface area contributed by atoms with Gasteiger partial charge in [-0.3, -0.25) is 19.2 Å². The van der Waals surface area contributed by atoms with Crippen LogP contribution in [0.15, 0.2) is 72.1 Å². The molecule has 0 unspecified atom stereocenters. The van der Waals surface area contributed by atoms with Crippen molar-refractivity contribution in [1.29, 1.82) is 0 Å². The third kappa shape index (κ3) is 4.11. The van der Waals surface area contributed by atoms with E-state index in [4.69, 9.17) is 9.47 Å². The maximum absolute atomic E-state index is 14.0. The molecule has 5 rings (SSSR count). The zero-order valence-corrected chi connectivity index (χ0v) is 21.0. The Morgan fingerprint density at radius 2 is 1.89 bits per heavy atom. The van der Waals surface area contributed by atoms with Crippen LogP contribution >= 0.6 is 11.3 Å². The van der Waals surface area contributed by atoms with Crippen LogP contribution in [0.25, 0.3) is 10.6 Å². The van der Waals surface area contributed by atoms with Crippen molar-refractivity contribution in [3.05, 3.63) is 83.4 Å². The van der Waals surface area contributed by atoms with Gasteiger partial charge in [-0.1, -0.05) is 36.4 Å². The van der Waals surface area contributed by atoms with Crippen LogP contribution < -0.4 is 19.7 Å². The monoisotopic (exact) mass is 502 g/mol. The van der Waals surface area contributed by atoms with Crippen molar-refractivity contribution in [1.82, 2.24) is 15.1 Å². The maximum atomic E-state index is 14.0. The molecule has 2 aromatic heterocycles. The topological polar surface area (TPSA) is 85.7 Å². The van der Waals surface area contributed by atoms with Crippen molar-refractivity contribution in [2.24, 2.45) is 0 Å². The van der Waals surface area contributed by atoms with Gasteiger partial charge < -0.3 is 14.8 Å². The number of nitrogens with one attached hydrogen (secondary N) is 1. The second-order valence-corrected chi connectivity index (χ2v) is 9.62. The predicted octanol–water partition coefficient (Wildman–Crippen LogP) is 4.36. The quantitative estimate of drug-likeness (QED) is 0.406. The summed E-state index contributed by atoms with van der Waals surface area (Å²) in [4.78, 5) is 30.3. The van der Waals surface area contributed by atoms with E-state index in [0.717, 1.165) is 10.4 Å². The van der Waals surface area contributed by atoms with E-state index >= 15 is 0 Å². The molecular weight excluding hydrogens is 476 g/mol. The maximum Gasteiger partial charge on any atom is 0.277 e. The summed E-state index contributed by atoms with van der Waals surface area (Å²) in [6.07, 6.45) is 0. The van der Waals surface area contributed by atoms with Crippen molar-refractivity contribution < 1.29 is 19.1 Å². The number of methoxy groups -OCH3 is 2. The van der Waals surface area contributed by atoms with Crippen molar-refractivity contribution >= 4 is 28.8 Å². The Hall–Kier alpha value is -4.11.